The smallest absolute Gasteiger partial charge is 0.165 e. The van der Waals surface area contributed by atoms with Crippen molar-refractivity contribution in [2.24, 2.45) is 0 Å². The minimum Gasteiger partial charge on any atom is -0.455 e. The van der Waals surface area contributed by atoms with E-state index in [0.717, 1.165) is 88.1 Å². The third-order valence-corrected chi connectivity index (χ3v) is 11.4. The molecule has 0 N–H and O–H groups in total. The molecule has 0 aliphatic rings. The Hall–Kier alpha value is -8.34. The lowest BCUT2D eigenvalue weighted by Crippen LogP contribution is -2.02. The number of fused-ring (bicyclic) bond motifs is 11. The Kier molecular flexibility index (Phi) is 7.16. The Bertz CT molecular complexity index is 3610. The molecule has 0 fully saturated rings. The second kappa shape index (κ2) is 12.8. The number of rotatable bonds is 5. The van der Waals surface area contributed by atoms with Crippen LogP contribution in [0.4, 0.5) is 0 Å². The second-order valence-electron chi connectivity index (χ2n) is 14.7. The lowest BCUT2D eigenvalue weighted by Gasteiger charge is -2.12. The molecule has 0 aliphatic carbocycles. The standard InChI is InChI=1S/C52H30N6O/c53-31-34-30-36(24-25-37(34)52-55-50(32-14-4-1-5-15-32)54-51(56-52)33-16-6-2-7-17-33)58-43-23-13-11-21-41(43)47-45(58)29-27-39-38-26-28-44-46(48(38)59-49(39)47)40-20-10-12-22-42(40)57(44)35-18-8-3-9-19-35/h1-30H. The molecular formula is C52H30N6O. The van der Waals surface area contributed by atoms with E-state index in [1.54, 1.807) is 0 Å². The maximum absolute atomic E-state index is 10.7. The molecule has 0 saturated heterocycles. The number of furan rings is 1. The second-order valence-corrected chi connectivity index (χ2v) is 14.7. The van der Waals surface area contributed by atoms with Crippen molar-refractivity contribution in [3.63, 3.8) is 0 Å². The van der Waals surface area contributed by atoms with E-state index in [1.807, 2.05) is 84.9 Å². The van der Waals surface area contributed by atoms with Crippen LogP contribution >= 0.6 is 0 Å². The molecule has 0 atom stereocenters. The van der Waals surface area contributed by atoms with E-state index in [1.165, 1.54) is 0 Å². The van der Waals surface area contributed by atoms with Gasteiger partial charge in [-0.25, -0.2) is 15.0 Å². The first-order valence-electron chi connectivity index (χ1n) is 19.5. The summed E-state index contributed by atoms with van der Waals surface area (Å²) >= 11 is 0. The highest BCUT2D eigenvalue weighted by Gasteiger charge is 2.23. The average Bonchev–Trinajstić information content (AvgIpc) is 3.97. The number of hydrogen-bond acceptors (Lipinski definition) is 5. The molecule has 0 saturated carbocycles. The van der Waals surface area contributed by atoms with Crippen LogP contribution in [0.15, 0.2) is 186 Å². The zero-order valence-corrected chi connectivity index (χ0v) is 31.4. The number of hydrogen-bond donors (Lipinski definition) is 0. The molecule has 8 aromatic carbocycles. The van der Waals surface area contributed by atoms with Gasteiger partial charge in [0.25, 0.3) is 0 Å². The molecule has 59 heavy (non-hydrogen) atoms. The molecule has 0 bridgehead atoms. The predicted octanol–water partition coefficient (Wildman–Crippen LogP) is 12.8. The fourth-order valence-corrected chi connectivity index (χ4v) is 8.82. The Morgan fingerprint density at radius 2 is 0.881 bits per heavy atom. The van der Waals surface area contributed by atoms with Crippen molar-refractivity contribution in [2.45, 2.75) is 0 Å². The van der Waals surface area contributed by atoms with Gasteiger partial charge in [-0.1, -0.05) is 115 Å². The van der Waals surface area contributed by atoms with Gasteiger partial charge in [0, 0.05) is 49.6 Å². The molecule has 0 unspecified atom stereocenters. The van der Waals surface area contributed by atoms with E-state index < -0.39 is 0 Å². The van der Waals surface area contributed by atoms with Crippen LogP contribution in [0.2, 0.25) is 0 Å². The Morgan fingerprint density at radius 3 is 1.42 bits per heavy atom. The van der Waals surface area contributed by atoms with Crippen molar-refractivity contribution in [1.82, 2.24) is 24.1 Å². The molecule has 0 amide bonds. The third-order valence-electron chi connectivity index (χ3n) is 11.4. The molecular weight excluding hydrogens is 725 g/mol. The first-order valence-corrected chi connectivity index (χ1v) is 19.5. The zero-order valence-electron chi connectivity index (χ0n) is 31.4. The van der Waals surface area contributed by atoms with E-state index in [4.69, 9.17) is 19.4 Å². The topological polar surface area (TPSA) is 85.5 Å². The summed E-state index contributed by atoms with van der Waals surface area (Å²) in [6.45, 7) is 0. The number of nitriles is 1. The van der Waals surface area contributed by atoms with E-state index in [9.17, 15) is 5.26 Å². The number of nitrogens with zero attached hydrogens (tertiary/aromatic N) is 6. The van der Waals surface area contributed by atoms with Crippen LogP contribution in [0.1, 0.15) is 5.56 Å². The fourth-order valence-electron chi connectivity index (χ4n) is 8.82. The van der Waals surface area contributed by atoms with Gasteiger partial charge < -0.3 is 13.6 Å². The van der Waals surface area contributed by atoms with E-state index >= 15 is 0 Å². The quantitative estimate of drug-likeness (QED) is 0.175. The van der Waals surface area contributed by atoms with Gasteiger partial charge >= 0.3 is 0 Å². The van der Waals surface area contributed by atoms with Crippen molar-refractivity contribution in [3.05, 3.63) is 188 Å². The molecule has 12 rings (SSSR count). The SMILES string of the molecule is N#Cc1cc(-n2c3ccccc3c3c4oc5c(ccc6c5c5ccccc5n6-c5ccccc5)c4ccc32)ccc1-c1nc(-c2ccccc2)nc(-c2ccccc2)n1. The van der Waals surface area contributed by atoms with Crippen molar-refractivity contribution >= 4 is 65.6 Å². The Balaban J connectivity index is 1.07. The molecule has 7 heteroatoms. The first kappa shape index (κ1) is 32.9. The van der Waals surface area contributed by atoms with Crippen LogP contribution in [-0.4, -0.2) is 24.1 Å². The summed E-state index contributed by atoms with van der Waals surface area (Å²) in [7, 11) is 0. The van der Waals surface area contributed by atoms with Crippen molar-refractivity contribution in [2.75, 3.05) is 0 Å². The minimum absolute atomic E-state index is 0.437. The van der Waals surface area contributed by atoms with Gasteiger partial charge in [0.15, 0.2) is 17.5 Å². The maximum atomic E-state index is 10.7. The van der Waals surface area contributed by atoms with Crippen LogP contribution in [0.25, 0.3) is 111 Å². The van der Waals surface area contributed by atoms with Gasteiger partial charge in [-0.05, 0) is 66.7 Å². The zero-order chi connectivity index (χ0) is 39.0. The van der Waals surface area contributed by atoms with Gasteiger partial charge in [-0.15, -0.1) is 0 Å². The maximum Gasteiger partial charge on any atom is 0.165 e. The summed E-state index contributed by atoms with van der Waals surface area (Å²) in [5.41, 5.74) is 10.7. The van der Waals surface area contributed by atoms with Crippen molar-refractivity contribution in [3.8, 4) is 51.6 Å². The fraction of sp³-hybridized carbons (Fsp3) is 0. The summed E-state index contributed by atoms with van der Waals surface area (Å²) in [6.07, 6.45) is 0. The van der Waals surface area contributed by atoms with Crippen LogP contribution < -0.4 is 0 Å². The van der Waals surface area contributed by atoms with Crippen molar-refractivity contribution < 1.29 is 4.42 Å². The number of para-hydroxylation sites is 3. The number of benzene rings is 8. The van der Waals surface area contributed by atoms with E-state index in [-0.39, 0.29) is 0 Å². The van der Waals surface area contributed by atoms with E-state index in [0.29, 0.717) is 28.6 Å². The largest absolute Gasteiger partial charge is 0.455 e. The van der Waals surface area contributed by atoms with Gasteiger partial charge in [-0.2, -0.15) is 5.26 Å². The molecule has 0 radical (unpaired) electrons. The molecule has 4 aromatic heterocycles. The Labute approximate surface area is 337 Å². The van der Waals surface area contributed by atoms with Crippen LogP contribution in [-0.2, 0) is 0 Å². The predicted molar refractivity (Wildman–Crippen MR) is 237 cm³/mol. The average molecular weight is 755 g/mol. The molecule has 12 aromatic rings. The van der Waals surface area contributed by atoms with Gasteiger partial charge in [0.2, 0.25) is 0 Å². The monoisotopic (exact) mass is 754 g/mol. The van der Waals surface area contributed by atoms with Crippen LogP contribution in [0.3, 0.4) is 0 Å². The highest BCUT2D eigenvalue weighted by atomic mass is 16.3. The molecule has 0 aliphatic heterocycles. The summed E-state index contributed by atoms with van der Waals surface area (Å²) in [5, 5.41) is 17.2. The van der Waals surface area contributed by atoms with Crippen LogP contribution in [0, 0.1) is 11.3 Å². The summed E-state index contributed by atoms with van der Waals surface area (Å²) in [6, 6.07) is 64.3. The highest BCUT2D eigenvalue weighted by Crippen LogP contribution is 2.45. The van der Waals surface area contributed by atoms with Gasteiger partial charge in [0.05, 0.1) is 44.5 Å². The summed E-state index contributed by atoms with van der Waals surface area (Å²) in [5.74, 6) is 1.52. The van der Waals surface area contributed by atoms with Crippen molar-refractivity contribution in [1.29, 1.82) is 5.26 Å². The molecule has 0 spiro atoms. The Morgan fingerprint density at radius 1 is 0.407 bits per heavy atom. The summed E-state index contributed by atoms with van der Waals surface area (Å²) < 4.78 is 11.6. The van der Waals surface area contributed by atoms with E-state index in [2.05, 4.69) is 112 Å². The first-order chi connectivity index (χ1) is 29.2. The van der Waals surface area contributed by atoms with Gasteiger partial charge in [-0.3, -0.25) is 0 Å². The molecule has 4 heterocycles. The molecule has 274 valence electrons. The lowest BCUT2D eigenvalue weighted by atomic mass is 10.1. The normalized spacial score (nSPS) is 11.7. The summed E-state index contributed by atoms with van der Waals surface area (Å²) in [4.78, 5) is 14.7. The van der Waals surface area contributed by atoms with Crippen LogP contribution in [0.5, 0.6) is 0 Å². The third kappa shape index (κ3) is 4.97. The minimum atomic E-state index is 0.437. The lowest BCUT2D eigenvalue weighted by molar-refractivity contribution is 0.677. The highest BCUT2D eigenvalue weighted by molar-refractivity contribution is 6.29. The van der Waals surface area contributed by atoms with Gasteiger partial charge in [0.1, 0.15) is 11.2 Å². The molecule has 7 nitrogen and oxygen atoms in total. The number of aromatic nitrogens is 5.